The molecule has 1 unspecified atom stereocenters. The lowest BCUT2D eigenvalue weighted by atomic mass is 9.96. The molecule has 0 aliphatic carbocycles. The van der Waals surface area contributed by atoms with E-state index in [4.69, 9.17) is 5.11 Å². The third-order valence-electron chi connectivity index (χ3n) is 2.98. The molecule has 1 atom stereocenters. The molecule has 1 N–H and O–H groups in total. The van der Waals surface area contributed by atoms with Crippen LogP contribution in [0.2, 0.25) is 0 Å². The number of rotatable bonds is 4. The number of aliphatic carboxylic acids is 1. The average Bonchev–Trinajstić information content (AvgIpc) is 2.14. The molecule has 0 aromatic carbocycles. The van der Waals surface area contributed by atoms with Gasteiger partial charge in [-0.05, 0) is 18.8 Å². The lowest BCUT2D eigenvalue weighted by Crippen LogP contribution is -2.43. The zero-order chi connectivity index (χ0) is 12.3. The molecule has 0 spiro atoms. The molecule has 1 rings (SSSR count). The minimum absolute atomic E-state index is 0.0605. The highest BCUT2D eigenvalue weighted by molar-refractivity contribution is 7.89. The minimum Gasteiger partial charge on any atom is -0.481 e. The van der Waals surface area contributed by atoms with Crippen molar-refractivity contribution in [2.45, 2.75) is 26.7 Å². The number of sulfonamides is 1. The molecule has 1 fully saturated rings. The molecular weight excluding hydrogens is 230 g/mol. The van der Waals surface area contributed by atoms with Crippen molar-refractivity contribution in [1.82, 2.24) is 4.31 Å². The molecule has 0 amide bonds. The van der Waals surface area contributed by atoms with E-state index in [1.54, 1.807) is 13.8 Å². The summed E-state index contributed by atoms with van der Waals surface area (Å²) in [4.78, 5) is 11.0. The van der Waals surface area contributed by atoms with Crippen molar-refractivity contribution in [1.29, 1.82) is 0 Å². The maximum absolute atomic E-state index is 11.7. The first-order valence-corrected chi connectivity index (χ1v) is 7.16. The van der Waals surface area contributed by atoms with E-state index in [2.05, 4.69) is 0 Å². The molecule has 1 aliphatic heterocycles. The van der Waals surface area contributed by atoms with Gasteiger partial charge in [0, 0.05) is 13.1 Å². The summed E-state index contributed by atoms with van der Waals surface area (Å²) < 4.78 is 24.7. The second-order valence-electron chi connectivity index (χ2n) is 4.57. The average molecular weight is 249 g/mol. The van der Waals surface area contributed by atoms with Crippen LogP contribution in [0.3, 0.4) is 0 Å². The van der Waals surface area contributed by atoms with Crippen LogP contribution in [0.15, 0.2) is 0 Å². The maximum atomic E-state index is 11.7. The summed E-state index contributed by atoms with van der Waals surface area (Å²) in [5.74, 6) is -1.45. The predicted octanol–water partition coefficient (Wildman–Crippen LogP) is 0.769. The number of carboxylic acids is 1. The van der Waals surface area contributed by atoms with Gasteiger partial charge in [-0.25, -0.2) is 12.7 Å². The Morgan fingerprint density at radius 2 is 2.00 bits per heavy atom. The topological polar surface area (TPSA) is 74.7 Å². The zero-order valence-electron chi connectivity index (χ0n) is 9.72. The first-order chi connectivity index (χ1) is 7.34. The normalized spacial score (nSPS) is 23.2. The van der Waals surface area contributed by atoms with E-state index < -0.39 is 21.9 Å². The van der Waals surface area contributed by atoms with E-state index in [-0.39, 0.29) is 18.2 Å². The first-order valence-electron chi connectivity index (χ1n) is 5.55. The summed E-state index contributed by atoms with van der Waals surface area (Å²) in [6.45, 7) is 4.17. The Morgan fingerprint density at radius 1 is 1.38 bits per heavy atom. The zero-order valence-corrected chi connectivity index (χ0v) is 10.5. The van der Waals surface area contributed by atoms with Crippen molar-refractivity contribution in [3.63, 3.8) is 0 Å². The van der Waals surface area contributed by atoms with Gasteiger partial charge in [0.1, 0.15) is 0 Å². The van der Waals surface area contributed by atoms with Crippen molar-refractivity contribution in [2.24, 2.45) is 11.8 Å². The van der Waals surface area contributed by atoms with Crippen LogP contribution in [0.25, 0.3) is 0 Å². The van der Waals surface area contributed by atoms with E-state index in [1.165, 1.54) is 4.31 Å². The number of carboxylic acid groups (broad SMARTS) is 1. The highest BCUT2D eigenvalue weighted by Gasteiger charge is 2.31. The summed E-state index contributed by atoms with van der Waals surface area (Å²) in [5.41, 5.74) is 0. The second kappa shape index (κ2) is 5.14. The van der Waals surface area contributed by atoms with E-state index in [0.717, 1.165) is 6.42 Å². The highest BCUT2D eigenvalue weighted by Crippen LogP contribution is 2.19. The van der Waals surface area contributed by atoms with Crippen LogP contribution in [0, 0.1) is 11.8 Å². The van der Waals surface area contributed by atoms with Gasteiger partial charge in [0.2, 0.25) is 10.0 Å². The molecule has 1 heterocycles. The van der Waals surface area contributed by atoms with Crippen LogP contribution in [0.1, 0.15) is 26.7 Å². The van der Waals surface area contributed by atoms with Gasteiger partial charge in [-0.3, -0.25) is 4.79 Å². The molecule has 0 radical (unpaired) electrons. The van der Waals surface area contributed by atoms with Gasteiger partial charge in [0.25, 0.3) is 0 Å². The largest absolute Gasteiger partial charge is 0.481 e. The molecule has 0 aromatic rings. The Labute approximate surface area is 96.5 Å². The van der Waals surface area contributed by atoms with E-state index in [9.17, 15) is 13.2 Å². The van der Waals surface area contributed by atoms with E-state index in [0.29, 0.717) is 13.0 Å². The summed E-state index contributed by atoms with van der Waals surface area (Å²) in [6, 6.07) is 0. The lowest BCUT2D eigenvalue weighted by molar-refractivity contribution is -0.143. The maximum Gasteiger partial charge on any atom is 0.308 e. The summed E-state index contributed by atoms with van der Waals surface area (Å²) in [6.07, 6.45) is 1.50. The van der Waals surface area contributed by atoms with Crippen LogP contribution in [-0.2, 0) is 14.8 Å². The van der Waals surface area contributed by atoms with Crippen LogP contribution in [0.4, 0.5) is 0 Å². The van der Waals surface area contributed by atoms with Crippen LogP contribution in [0.5, 0.6) is 0 Å². The molecule has 0 bridgehead atoms. The molecule has 16 heavy (non-hydrogen) atoms. The van der Waals surface area contributed by atoms with Crippen LogP contribution < -0.4 is 0 Å². The Balaban J connectivity index is 2.74. The number of carbonyl (C=O) groups is 1. The minimum atomic E-state index is -3.22. The Morgan fingerprint density at radius 3 is 2.44 bits per heavy atom. The quantitative estimate of drug-likeness (QED) is 0.798. The summed E-state index contributed by atoms with van der Waals surface area (Å²) in [7, 11) is -3.22. The van der Waals surface area contributed by atoms with Gasteiger partial charge in [0.15, 0.2) is 0 Å². The SMILES string of the molecule is CC(C)C(CN1CCCCS1(=O)=O)C(=O)O. The first kappa shape index (κ1) is 13.4. The number of hydrogen-bond donors (Lipinski definition) is 1. The van der Waals surface area contributed by atoms with E-state index in [1.807, 2.05) is 0 Å². The van der Waals surface area contributed by atoms with Crippen molar-refractivity contribution in [3.8, 4) is 0 Å². The van der Waals surface area contributed by atoms with Crippen molar-refractivity contribution < 1.29 is 18.3 Å². The fourth-order valence-electron chi connectivity index (χ4n) is 1.84. The molecule has 0 aromatic heterocycles. The smallest absolute Gasteiger partial charge is 0.308 e. The Kier molecular flexibility index (Phi) is 4.32. The monoisotopic (exact) mass is 249 g/mol. The second-order valence-corrected chi connectivity index (χ2v) is 6.66. The molecule has 94 valence electrons. The van der Waals surface area contributed by atoms with Gasteiger partial charge in [-0.15, -0.1) is 0 Å². The van der Waals surface area contributed by atoms with E-state index >= 15 is 0 Å². The standard InChI is InChI=1S/C10H19NO4S/c1-8(2)9(10(12)13)7-11-5-3-4-6-16(11,14)15/h8-9H,3-7H2,1-2H3,(H,12,13). The molecular formula is C10H19NO4S. The predicted molar refractivity (Wildman–Crippen MR) is 60.6 cm³/mol. The molecule has 5 nitrogen and oxygen atoms in total. The van der Waals surface area contributed by atoms with Crippen molar-refractivity contribution >= 4 is 16.0 Å². The third kappa shape index (κ3) is 3.18. The molecule has 6 heteroatoms. The van der Waals surface area contributed by atoms with Gasteiger partial charge in [-0.2, -0.15) is 0 Å². The molecule has 1 saturated heterocycles. The third-order valence-corrected chi connectivity index (χ3v) is 4.90. The van der Waals surface area contributed by atoms with Crippen molar-refractivity contribution in [2.75, 3.05) is 18.8 Å². The fraction of sp³-hybridized carbons (Fsp3) is 0.900. The molecule has 1 aliphatic rings. The van der Waals surface area contributed by atoms with Gasteiger partial charge in [-0.1, -0.05) is 13.8 Å². The van der Waals surface area contributed by atoms with Crippen molar-refractivity contribution in [3.05, 3.63) is 0 Å². The Bertz CT molecular complexity index is 350. The lowest BCUT2D eigenvalue weighted by Gasteiger charge is -2.29. The number of hydrogen-bond acceptors (Lipinski definition) is 3. The highest BCUT2D eigenvalue weighted by atomic mass is 32.2. The van der Waals surface area contributed by atoms with Gasteiger partial charge < -0.3 is 5.11 Å². The van der Waals surface area contributed by atoms with Crippen LogP contribution >= 0.6 is 0 Å². The summed E-state index contributed by atoms with van der Waals surface area (Å²) in [5, 5.41) is 9.02. The molecule has 0 saturated carbocycles. The van der Waals surface area contributed by atoms with Crippen LogP contribution in [-0.4, -0.2) is 42.6 Å². The number of nitrogens with zero attached hydrogens (tertiary/aromatic N) is 1. The van der Waals surface area contributed by atoms with Gasteiger partial charge in [0.05, 0.1) is 11.7 Å². The Hall–Kier alpha value is -0.620. The summed E-state index contributed by atoms with van der Waals surface area (Å²) >= 11 is 0. The van der Waals surface area contributed by atoms with Gasteiger partial charge >= 0.3 is 5.97 Å². The fourth-order valence-corrected chi connectivity index (χ4v) is 3.46.